The third-order valence-corrected chi connectivity index (χ3v) is 4.17. The maximum absolute atomic E-state index is 12.0. The quantitative estimate of drug-likeness (QED) is 0.770. The molecule has 0 aromatic heterocycles. The molecule has 98 valence electrons. The van der Waals surface area contributed by atoms with E-state index in [-0.39, 0.29) is 11.5 Å². The van der Waals surface area contributed by atoms with Crippen molar-refractivity contribution in [1.82, 2.24) is 4.72 Å². The lowest BCUT2D eigenvalue weighted by molar-refractivity contribution is -0.139. The highest BCUT2D eigenvalue weighted by Crippen LogP contribution is 2.15. The van der Waals surface area contributed by atoms with Gasteiger partial charge in [-0.3, -0.25) is 4.79 Å². The fourth-order valence-corrected chi connectivity index (χ4v) is 2.88. The van der Waals surface area contributed by atoms with Gasteiger partial charge in [-0.2, -0.15) is 4.72 Å². The first kappa shape index (κ1) is 12.8. The molecule has 0 spiro atoms. The van der Waals surface area contributed by atoms with Gasteiger partial charge in [-0.15, -0.1) is 0 Å². The van der Waals surface area contributed by atoms with E-state index in [0.717, 1.165) is 5.69 Å². The van der Waals surface area contributed by atoms with Crippen LogP contribution in [0.25, 0.3) is 0 Å². The van der Waals surface area contributed by atoms with Gasteiger partial charge in [0.25, 0.3) is 0 Å². The summed E-state index contributed by atoms with van der Waals surface area (Å²) in [6.07, 6.45) is 0.368. The molecule has 18 heavy (non-hydrogen) atoms. The van der Waals surface area contributed by atoms with E-state index in [0.29, 0.717) is 6.42 Å². The standard InChI is InChI=1S/C11H14N2O4S/c1-12-8-2-4-9(5-3-8)18(15,16)13-10-6-7-17-11(10)14/h2-5,10,12-13H,6-7H2,1H3/t10-/m0/s1. The second-order valence-electron chi connectivity index (χ2n) is 3.90. The van der Waals surface area contributed by atoms with Crippen LogP contribution in [0.2, 0.25) is 0 Å². The number of sulfonamides is 1. The highest BCUT2D eigenvalue weighted by Gasteiger charge is 2.31. The van der Waals surface area contributed by atoms with Gasteiger partial charge in [0.1, 0.15) is 6.04 Å². The third-order valence-electron chi connectivity index (χ3n) is 2.69. The minimum Gasteiger partial charge on any atom is -0.464 e. The minimum absolute atomic E-state index is 0.126. The van der Waals surface area contributed by atoms with E-state index >= 15 is 0 Å². The maximum Gasteiger partial charge on any atom is 0.324 e. The highest BCUT2D eigenvalue weighted by atomic mass is 32.2. The van der Waals surface area contributed by atoms with Crippen molar-refractivity contribution < 1.29 is 17.9 Å². The van der Waals surface area contributed by atoms with Gasteiger partial charge in [-0.25, -0.2) is 8.42 Å². The number of anilines is 1. The highest BCUT2D eigenvalue weighted by molar-refractivity contribution is 7.89. The summed E-state index contributed by atoms with van der Waals surface area (Å²) >= 11 is 0. The number of esters is 1. The molecule has 1 atom stereocenters. The molecule has 0 aliphatic carbocycles. The molecule has 1 aliphatic rings. The van der Waals surface area contributed by atoms with Crippen LogP contribution in [0.4, 0.5) is 5.69 Å². The monoisotopic (exact) mass is 270 g/mol. The molecule has 2 N–H and O–H groups in total. The van der Waals surface area contributed by atoms with Gasteiger partial charge in [-0.1, -0.05) is 0 Å². The zero-order valence-corrected chi connectivity index (χ0v) is 10.7. The Kier molecular flexibility index (Phi) is 3.53. The molecule has 6 nitrogen and oxygen atoms in total. The Balaban J connectivity index is 2.16. The number of benzene rings is 1. The molecular formula is C11H14N2O4S. The van der Waals surface area contributed by atoms with Gasteiger partial charge < -0.3 is 10.1 Å². The molecule has 0 bridgehead atoms. The van der Waals surface area contributed by atoms with Crippen molar-refractivity contribution in [3.05, 3.63) is 24.3 Å². The fraction of sp³-hybridized carbons (Fsp3) is 0.364. The fourth-order valence-electron chi connectivity index (χ4n) is 1.66. The van der Waals surface area contributed by atoms with Gasteiger partial charge in [0.15, 0.2) is 0 Å². The first-order valence-electron chi connectivity index (χ1n) is 5.50. The van der Waals surface area contributed by atoms with E-state index in [1.54, 1.807) is 19.2 Å². The van der Waals surface area contributed by atoms with Gasteiger partial charge in [0.05, 0.1) is 11.5 Å². The smallest absolute Gasteiger partial charge is 0.324 e. The molecule has 1 heterocycles. The number of hydrogen-bond donors (Lipinski definition) is 2. The summed E-state index contributed by atoms with van der Waals surface area (Å²) in [6, 6.07) is 5.49. The molecule has 1 fully saturated rings. The molecule has 1 aliphatic heterocycles. The lowest BCUT2D eigenvalue weighted by Crippen LogP contribution is -2.37. The van der Waals surface area contributed by atoms with Gasteiger partial charge in [0, 0.05) is 19.2 Å². The van der Waals surface area contributed by atoms with Crippen LogP contribution in [0.3, 0.4) is 0 Å². The first-order valence-corrected chi connectivity index (χ1v) is 6.98. The van der Waals surface area contributed by atoms with Crippen LogP contribution in [0, 0.1) is 0 Å². The third kappa shape index (κ3) is 2.62. The van der Waals surface area contributed by atoms with Gasteiger partial charge >= 0.3 is 5.97 Å². The van der Waals surface area contributed by atoms with Crippen molar-refractivity contribution in [3.8, 4) is 0 Å². The molecule has 0 unspecified atom stereocenters. The summed E-state index contributed by atoms with van der Waals surface area (Å²) in [5.74, 6) is -0.523. The molecule has 7 heteroatoms. The van der Waals surface area contributed by atoms with E-state index in [9.17, 15) is 13.2 Å². The number of hydrogen-bond acceptors (Lipinski definition) is 5. The summed E-state index contributed by atoms with van der Waals surface area (Å²) in [5, 5.41) is 2.90. The van der Waals surface area contributed by atoms with Crippen LogP contribution in [-0.2, 0) is 19.6 Å². The second kappa shape index (κ2) is 4.95. The Hall–Kier alpha value is -1.60. The Bertz CT molecular complexity index is 539. The first-order chi connectivity index (χ1) is 8.53. The van der Waals surface area contributed by atoms with Crippen LogP contribution >= 0.6 is 0 Å². The normalized spacial score (nSPS) is 19.6. The van der Waals surface area contributed by atoms with Crippen LogP contribution in [-0.4, -0.2) is 34.1 Å². The summed E-state index contributed by atoms with van der Waals surface area (Å²) < 4.78 is 31.0. The molecular weight excluding hydrogens is 256 g/mol. The zero-order valence-electron chi connectivity index (χ0n) is 9.84. The van der Waals surface area contributed by atoms with Crippen LogP contribution in [0.15, 0.2) is 29.2 Å². The molecule has 2 rings (SSSR count). The Morgan fingerprint density at radius 2 is 1.94 bits per heavy atom. The van der Waals surface area contributed by atoms with Crippen molar-refractivity contribution in [2.75, 3.05) is 19.0 Å². The number of nitrogens with one attached hydrogen (secondary N) is 2. The SMILES string of the molecule is CNc1ccc(S(=O)(=O)N[C@H]2CCOC2=O)cc1. The van der Waals surface area contributed by atoms with E-state index in [1.165, 1.54) is 12.1 Å². The number of ether oxygens (including phenoxy) is 1. The molecule has 0 amide bonds. The largest absolute Gasteiger partial charge is 0.464 e. The van der Waals surface area contributed by atoms with Crippen LogP contribution < -0.4 is 10.0 Å². The van der Waals surface area contributed by atoms with Crippen molar-refractivity contribution >= 4 is 21.7 Å². The van der Waals surface area contributed by atoms with E-state index < -0.39 is 22.0 Å². The average molecular weight is 270 g/mol. The Morgan fingerprint density at radius 3 is 2.44 bits per heavy atom. The summed E-state index contributed by atoms with van der Waals surface area (Å²) in [5.41, 5.74) is 0.814. The van der Waals surface area contributed by atoms with Crippen molar-refractivity contribution in [3.63, 3.8) is 0 Å². The number of rotatable bonds is 4. The summed E-state index contributed by atoms with van der Waals surface area (Å²) in [4.78, 5) is 11.4. The number of carbonyl (C=O) groups is 1. The average Bonchev–Trinajstić information content (AvgIpc) is 2.74. The van der Waals surface area contributed by atoms with E-state index in [4.69, 9.17) is 4.74 Å². The van der Waals surface area contributed by atoms with Crippen LogP contribution in [0.1, 0.15) is 6.42 Å². The van der Waals surface area contributed by atoms with Crippen LogP contribution in [0.5, 0.6) is 0 Å². The van der Waals surface area contributed by atoms with Crippen molar-refractivity contribution in [2.45, 2.75) is 17.4 Å². The molecule has 1 saturated heterocycles. The molecule has 1 aromatic rings. The Labute approximate surface area is 105 Å². The molecule has 0 radical (unpaired) electrons. The lowest BCUT2D eigenvalue weighted by Gasteiger charge is -2.10. The minimum atomic E-state index is -3.68. The Morgan fingerprint density at radius 1 is 1.28 bits per heavy atom. The summed E-state index contributed by atoms with van der Waals surface area (Å²) in [6.45, 7) is 0.255. The van der Waals surface area contributed by atoms with Crippen molar-refractivity contribution in [1.29, 1.82) is 0 Å². The number of carbonyl (C=O) groups excluding carboxylic acids is 1. The number of cyclic esters (lactones) is 1. The maximum atomic E-state index is 12.0. The second-order valence-corrected chi connectivity index (χ2v) is 5.62. The molecule has 1 aromatic carbocycles. The van der Waals surface area contributed by atoms with Gasteiger partial charge in [-0.05, 0) is 24.3 Å². The van der Waals surface area contributed by atoms with Gasteiger partial charge in [0.2, 0.25) is 10.0 Å². The van der Waals surface area contributed by atoms with E-state index in [2.05, 4.69) is 10.0 Å². The zero-order chi connectivity index (χ0) is 13.2. The summed E-state index contributed by atoms with van der Waals surface area (Å²) in [7, 11) is -1.93. The molecule has 0 saturated carbocycles. The van der Waals surface area contributed by atoms with E-state index in [1.807, 2.05) is 0 Å². The predicted molar refractivity (Wildman–Crippen MR) is 65.7 cm³/mol. The van der Waals surface area contributed by atoms with Crippen molar-refractivity contribution in [2.24, 2.45) is 0 Å². The predicted octanol–water partition coefficient (Wildman–Crippen LogP) is 0.322. The topological polar surface area (TPSA) is 84.5 Å². The lowest BCUT2D eigenvalue weighted by atomic mass is 10.3.